The normalized spacial score (nSPS) is 12.0. The standard InChI is InChI=1S/C66H45N3Si/c1-5-22-46(23-6-1)47-24-21-25-48(42-47)67-59-36-17-13-34-56(59)57-41-40-49(43-63(57)67)68-62-39-20-16-35-58(62)66-64(68)44-53(45-65(66)69-60-37-18-14-32-54(60)55-33-15-19-38-61(55)69)70(50-26-7-2-8-27-50,51-28-9-3-10-29-51)52-30-11-4-12-31-52/h1-45H. The smallest absolute Gasteiger partial charge is 0.179 e. The summed E-state index contributed by atoms with van der Waals surface area (Å²) in [6.07, 6.45) is 0. The van der Waals surface area contributed by atoms with E-state index >= 15 is 0 Å². The van der Waals surface area contributed by atoms with Gasteiger partial charge in [0.1, 0.15) is 0 Å². The molecule has 0 N–H and O–H groups in total. The first-order chi connectivity index (χ1) is 34.8. The van der Waals surface area contributed by atoms with Crippen LogP contribution in [0.1, 0.15) is 0 Å². The molecular formula is C66H45N3Si. The minimum absolute atomic E-state index is 1.11. The number of hydrogen-bond donors (Lipinski definition) is 0. The Hall–Kier alpha value is -8.96. The van der Waals surface area contributed by atoms with Gasteiger partial charge in [0.25, 0.3) is 0 Å². The first-order valence-corrected chi connectivity index (χ1v) is 26.2. The number of nitrogens with zero attached hydrogens (tertiary/aromatic N) is 3. The van der Waals surface area contributed by atoms with Gasteiger partial charge in [-0.25, -0.2) is 0 Å². The summed E-state index contributed by atoms with van der Waals surface area (Å²) in [6, 6.07) is 102. The van der Waals surface area contributed by atoms with E-state index in [-0.39, 0.29) is 0 Å². The van der Waals surface area contributed by atoms with Crippen LogP contribution < -0.4 is 20.7 Å². The van der Waals surface area contributed by atoms with Gasteiger partial charge in [-0.15, -0.1) is 0 Å². The SMILES string of the molecule is c1ccc(-c2cccc(-n3c4ccccc4c4ccc(-n5c6ccccc6c6c(-n7c8ccccc8c8ccccc87)cc([Si](c7ccccc7)(c7ccccc7)c7ccccc7)cc65)cc43)c2)cc1. The Morgan fingerprint density at radius 3 is 1.20 bits per heavy atom. The maximum Gasteiger partial charge on any atom is 0.179 e. The lowest BCUT2D eigenvalue weighted by atomic mass is 10.1. The van der Waals surface area contributed by atoms with Crippen LogP contribution in [0.4, 0.5) is 0 Å². The highest BCUT2D eigenvalue weighted by Crippen LogP contribution is 2.42. The maximum absolute atomic E-state index is 3.05. The van der Waals surface area contributed by atoms with E-state index in [1.807, 2.05) is 0 Å². The highest BCUT2D eigenvalue weighted by atomic mass is 28.3. The fourth-order valence-corrected chi connectivity index (χ4v) is 16.6. The summed E-state index contributed by atoms with van der Waals surface area (Å²) >= 11 is 0. The molecule has 0 fully saturated rings. The zero-order valence-electron chi connectivity index (χ0n) is 38.3. The molecule has 0 unspecified atom stereocenters. The van der Waals surface area contributed by atoms with Gasteiger partial charge in [0.15, 0.2) is 8.07 Å². The summed E-state index contributed by atoms with van der Waals surface area (Å²) in [5.41, 5.74) is 12.9. The van der Waals surface area contributed by atoms with Crippen LogP contribution in [-0.4, -0.2) is 21.8 Å². The van der Waals surface area contributed by atoms with Gasteiger partial charge in [0.2, 0.25) is 0 Å². The lowest BCUT2D eigenvalue weighted by molar-refractivity contribution is 1.15. The van der Waals surface area contributed by atoms with Crippen molar-refractivity contribution in [1.82, 2.24) is 13.7 Å². The van der Waals surface area contributed by atoms with E-state index in [1.54, 1.807) is 0 Å². The molecule has 3 heterocycles. The Morgan fingerprint density at radius 2 is 0.643 bits per heavy atom. The molecule has 0 amide bonds. The van der Waals surface area contributed by atoms with Gasteiger partial charge in [0, 0.05) is 43.7 Å². The summed E-state index contributed by atoms with van der Waals surface area (Å²) in [7, 11) is -3.05. The maximum atomic E-state index is 2.57. The van der Waals surface area contributed by atoms with Crippen LogP contribution in [0.15, 0.2) is 273 Å². The predicted octanol–water partition coefficient (Wildman–Crippen LogP) is 14.0. The molecule has 0 saturated heterocycles. The molecule has 14 rings (SSSR count). The van der Waals surface area contributed by atoms with Crippen molar-refractivity contribution in [1.29, 1.82) is 0 Å². The predicted molar refractivity (Wildman–Crippen MR) is 299 cm³/mol. The van der Waals surface area contributed by atoms with Crippen molar-refractivity contribution in [3.63, 3.8) is 0 Å². The molecule has 0 radical (unpaired) electrons. The third-order valence-electron chi connectivity index (χ3n) is 14.8. The van der Waals surface area contributed by atoms with Crippen molar-refractivity contribution >= 4 is 94.2 Å². The Morgan fingerprint density at radius 1 is 0.229 bits per heavy atom. The summed E-state index contributed by atoms with van der Waals surface area (Å²) in [5, 5.41) is 12.7. The Balaban J connectivity index is 1.14. The molecule has 0 aliphatic rings. The third kappa shape index (κ3) is 6.00. The number of hydrogen-bond acceptors (Lipinski definition) is 0. The molecule has 0 atom stereocenters. The van der Waals surface area contributed by atoms with Gasteiger partial charge >= 0.3 is 0 Å². The van der Waals surface area contributed by atoms with Gasteiger partial charge < -0.3 is 13.7 Å². The number of aromatic nitrogens is 3. The van der Waals surface area contributed by atoms with Gasteiger partial charge in [0.05, 0.1) is 38.8 Å². The van der Waals surface area contributed by atoms with E-state index in [0.717, 1.165) is 22.4 Å². The minimum atomic E-state index is -3.05. The van der Waals surface area contributed by atoms with Gasteiger partial charge in [-0.05, 0) is 92.5 Å². The second kappa shape index (κ2) is 16.1. The van der Waals surface area contributed by atoms with Crippen molar-refractivity contribution in [2.45, 2.75) is 0 Å². The average molecular weight is 908 g/mol. The number of benzene rings is 11. The van der Waals surface area contributed by atoms with Crippen LogP contribution >= 0.6 is 0 Å². The first-order valence-electron chi connectivity index (χ1n) is 24.2. The molecule has 0 bridgehead atoms. The molecule has 0 aliphatic carbocycles. The molecule has 0 aliphatic heterocycles. The van der Waals surface area contributed by atoms with Crippen LogP contribution in [0.3, 0.4) is 0 Å². The summed E-state index contributed by atoms with van der Waals surface area (Å²) in [6.45, 7) is 0. The van der Waals surface area contributed by atoms with E-state index < -0.39 is 8.07 Å². The molecule has 328 valence electrons. The largest absolute Gasteiger partial charge is 0.309 e. The van der Waals surface area contributed by atoms with Crippen molar-refractivity contribution in [3.8, 4) is 28.2 Å². The lowest BCUT2D eigenvalue weighted by Crippen LogP contribution is -2.74. The number of rotatable bonds is 8. The Bertz CT molecular complexity index is 4130. The highest BCUT2D eigenvalue weighted by Gasteiger charge is 2.42. The van der Waals surface area contributed by atoms with Crippen LogP contribution in [0.2, 0.25) is 0 Å². The third-order valence-corrected chi connectivity index (χ3v) is 19.5. The molecule has 3 aromatic heterocycles. The fourth-order valence-electron chi connectivity index (χ4n) is 11.8. The van der Waals surface area contributed by atoms with Crippen molar-refractivity contribution < 1.29 is 0 Å². The van der Waals surface area contributed by atoms with E-state index in [1.165, 1.54) is 91.9 Å². The van der Waals surface area contributed by atoms with Crippen LogP contribution in [0.5, 0.6) is 0 Å². The first kappa shape index (κ1) is 40.1. The quantitative estimate of drug-likeness (QED) is 0.107. The van der Waals surface area contributed by atoms with E-state index in [2.05, 4.69) is 287 Å². The molecule has 11 aromatic carbocycles. The molecule has 14 aromatic rings. The molecular weight excluding hydrogens is 863 g/mol. The summed E-state index contributed by atoms with van der Waals surface area (Å²) < 4.78 is 7.56. The lowest BCUT2D eigenvalue weighted by Gasteiger charge is -2.35. The topological polar surface area (TPSA) is 14.8 Å². The second-order valence-corrected chi connectivity index (χ2v) is 22.2. The second-order valence-electron chi connectivity index (χ2n) is 18.4. The van der Waals surface area contributed by atoms with Gasteiger partial charge in [-0.2, -0.15) is 0 Å². The van der Waals surface area contributed by atoms with E-state index in [9.17, 15) is 0 Å². The van der Waals surface area contributed by atoms with Crippen LogP contribution in [0.25, 0.3) is 93.6 Å². The summed E-state index contributed by atoms with van der Waals surface area (Å²) in [4.78, 5) is 0. The van der Waals surface area contributed by atoms with E-state index in [4.69, 9.17) is 0 Å². The zero-order valence-corrected chi connectivity index (χ0v) is 39.3. The molecule has 70 heavy (non-hydrogen) atoms. The molecule has 4 heteroatoms. The zero-order chi connectivity index (χ0) is 46.2. The van der Waals surface area contributed by atoms with Crippen molar-refractivity contribution in [2.75, 3.05) is 0 Å². The van der Waals surface area contributed by atoms with Crippen LogP contribution in [0, 0.1) is 0 Å². The summed E-state index contributed by atoms with van der Waals surface area (Å²) in [5.74, 6) is 0. The Kier molecular flexibility index (Phi) is 9.23. The highest BCUT2D eigenvalue weighted by molar-refractivity contribution is 7.20. The van der Waals surface area contributed by atoms with Crippen LogP contribution in [-0.2, 0) is 0 Å². The molecule has 3 nitrogen and oxygen atoms in total. The van der Waals surface area contributed by atoms with E-state index in [0.29, 0.717) is 0 Å². The minimum Gasteiger partial charge on any atom is -0.309 e. The molecule has 0 saturated carbocycles. The number of para-hydroxylation sites is 4. The van der Waals surface area contributed by atoms with Crippen molar-refractivity contribution in [3.05, 3.63) is 273 Å². The number of fused-ring (bicyclic) bond motifs is 9. The van der Waals surface area contributed by atoms with Gasteiger partial charge in [-0.3, -0.25) is 0 Å². The molecule has 0 spiro atoms. The van der Waals surface area contributed by atoms with Crippen molar-refractivity contribution in [2.24, 2.45) is 0 Å². The Labute approximate surface area is 407 Å². The fraction of sp³-hybridized carbons (Fsp3) is 0. The monoisotopic (exact) mass is 907 g/mol. The van der Waals surface area contributed by atoms with Gasteiger partial charge in [-0.1, -0.05) is 212 Å². The average Bonchev–Trinajstić information content (AvgIpc) is 4.08.